The molecule has 1 aromatic carbocycles. The Bertz CT molecular complexity index is 636. The molecule has 0 bridgehead atoms. The molecule has 1 amide bonds. The van der Waals surface area contributed by atoms with Crippen molar-refractivity contribution in [3.05, 3.63) is 36.4 Å². The number of hydrogen-bond donors (Lipinski definition) is 1. The maximum atomic E-state index is 12.3. The fourth-order valence-corrected chi connectivity index (χ4v) is 2.79. The lowest BCUT2D eigenvalue weighted by Crippen LogP contribution is -2.38. The van der Waals surface area contributed by atoms with Gasteiger partial charge in [0.05, 0.1) is 20.5 Å². The van der Waals surface area contributed by atoms with E-state index < -0.39 is 15.9 Å². The van der Waals surface area contributed by atoms with Crippen LogP contribution in [-0.4, -0.2) is 58.7 Å². The summed E-state index contributed by atoms with van der Waals surface area (Å²) in [4.78, 5) is 12.3. The van der Waals surface area contributed by atoms with Crippen LogP contribution in [0.1, 0.15) is 10.4 Å². The van der Waals surface area contributed by atoms with Crippen molar-refractivity contribution in [1.29, 1.82) is 0 Å². The van der Waals surface area contributed by atoms with Gasteiger partial charge in [-0.25, -0.2) is 8.42 Å². The molecule has 0 aromatic heterocycles. The number of nitrogens with one attached hydrogen (secondary N) is 1. The highest BCUT2D eigenvalue weighted by atomic mass is 32.2. The number of benzene rings is 1. The smallest absolute Gasteiger partial charge is 0.258 e. The summed E-state index contributed by atoms with van der Waals surface area (Å²) in [7, 11) is -0.435. The van der Waals surface area contributed by atoms with Gasteiger partial charge < -0.3 is 14.8 Å². The van der Waals surface area contributed by atoms with Gasteiger partial charge in [0.1, 0.15) is 17.1 Å². The van der Waals surface area contributed by atoms with Gasteiger partial charge >= 0.3 is 0 Å². The Morgan fingerprint density at radius 2 is 1.87 bits per heavy atom. The minimum atomic E-state index is -3.35. The SMILES string of the molecule is C=CCN(CCNC(=O)c1c(OC)cccc1OC)S(C)(=O)=O. The molecule has 0 atom stereocenters. The topological polar surface area (TPSA) is 84.9 Å². The van der Waals surface area contributed by atoms with Gasteiger partial charge in [-0.3, -0.25) is 4.79 Å². The molecule has 23 heavy (non-hydrogen) atoms. The Morgan fingerprint density at radius 1 is 1.30 bits per heavy atom. The lowest BCUT2D eigenvalue weighted by Gasteiger charge is -2.18. The van der Waals surface area contributed by atoms with Crippen molar-refractivity contribution in [2.45, 2.75) is 0 Å². The van der Waals surface area contributed by atoms with Crippen LogP contribution in [0, 0.1) is 0 Å². The second kappa shape index (κ2) is 8.54. The highest BCUT2D eigenvalue weighted by Crippen LogP contribution is 2.27. The lowest BCUT2D eigenvalue weighted by molar-refractivity contribution is 0.0945. The van der Waals surface area contributed by atoms with Crippen molar-refractivity contribution in [3.63, 3.8) is 0 Å². The molecule has 1 aromatic rings. The molecule has 0 aliphatic carbocycles. The van der Waals surface area contributed by atoms with E-state index >= 15 is 0 Å². The minimum Gasteiger partial charge on any atom is -0.496 e. The Labute approximate surface area is 136 Å². The van der Waals surface area contributed by atoms with Crippen LogP contribution in [0.25, 0.3) is 0 Å². The van der Waals surface area contributed by atoms with E-state index in [1.54, 1.807) is 18.2 Å². The normalized spacial score (nSPS) is 11.1. The molecule has 128 valence electrons. The number of hydrogen-bond acceptors (Lipinski definition) is 5. The third-order valence-electron chi connectivity index (χ3n) is 3.10. The summed E-state index contributed by atoms with van der Waals surface area (Å²) in [5, 5.41) is 2.67. The first-order valence-corrected chi connectivity index (χ1v) is 8.75. The first-order valence-electron chi connectivity index (χ1n) is 6.90. The molecule has 0 heterocycles. The highest BCUT2D eigenvalue weighted by molar-refractivity contribution is 7.88. The quantitative estimate of drug-likeness (QED) is 0.674. The molecular formula is C15H22N2O5S. The van der Waals surface area contributed by atoms with Crippen LogP contribution >= 0.6 is 0 Å². The molecule has 0 unspecified atom stereocenters. The van der Waals surface area contributed by atoms with Gasteiger partial charge in [-0.1, -0.05) is 12.1 Å². The van der Waals surface area contributed by atoms with Crippen molar-refractivity contribution >= 4 is 15.9 Å². The zero-order valence-corrected chi connectivity index (χ0v) is 14.4. The van der Waals surface area contributed by atoms with E-state index in [0.29, 0.717) is 11.5 Å². The first-order chi connectivity index (χ1) is 10.8. The second-order valence-electron chi connectivity index (χ2n) is 4.70. The maximum absolute atomic E-state index is 12.3. The van der Waals surface area contributed by atoms with Gasteiger partial charge in [-0.05, 0) is 12.1 Å². The van der Waals surface area contributed by atoms with Crippen LogP contribution in [0.5, 0.6) is 11.5 Å². The van der Waals surface area contributed by atoms with E-state index in [2.05, 4.69) is 11.9 Å². The maximum Gasteiger partial charge on any atom is 0.258 e. The van der Waals surface area contributed by atoms with Crippen LogP contribution < -0.4 is 14.8 Å². The standard InChI is InChI=1S/C15H22N2O5S/c1-5-10-17(23(4,19)20)11-9-16-15(18)14-12(21-2)7-6-8-13(14)22-3/h5-8H,1,9-11H2,2-4H3,(H,16,18). The molecule has 7 nitrogen and oxygen atoms in total. The third-order valence-corrected chi connectivity index (χ3v) is 4.37. The van der Waals surface area contributed by atoms with Crippen LogP contribution in [0.15, 0.2) is 30.9 Å². The number of amides is 1. The van der Waals surface area contributed by atoms with E-state index in [9.17, 15) is 13.2 Å². The van der Waals surface area contributed by atoms with E-state index in [1.807, 2.05) is 0 Å². The summed E-state index contributed by atoms with van der Waals surface area (Å²) in [5.74, 6) is 0.368. The molecule has 8 heteroatoms. The van der Waals surface area contributed by atoms with E-state index in [0.717, 1.165) is 6.26 Å². The second-order valence-corrected chi connectivity index (χ2v) is 6.69. The molecule has 0 aliphatic heterocycles. The average molecular weight is 342 g/mol. The van der Waals surface area contributed by atoms with Crippen molar-refractivity contribution < 1.29 is 22.7 Å². The number of carbonyl (C=O) groups is 1. The molecule has 0 saturated heterocycles. The number of rotatable bonds is 9. The van der Waals surface area contributed by atoms with E-state index in [1.165, 1.54) is 24.6 Å². The number of methoxy groups -OCH3 is 2. The van der Waals surface area contributed by atoms with Gasteiger partial charge in [0.25, 0.3) is 5.91 Å². The fraction of sp³-hybridized carbons (Fsp3) is 0.400. The summed E-state index contributed by atoms with van der Waals surface area (Å²) in [6.45, 7) is 4.01. The Hall–Kier alpha value is -2.06. The molecule has 0 fully saturated rings. The Kier molecular flexibility index (Phi) is 7.05. The molecule has 0 spiro atoms. The van der Waals surface area contributed by atoms with E-state index in [4.69, 9.17) is 9.47 Å². The van der Waals surface area contributed by atoms with Crippen molar-refractivity contribution in [2.75, 3.05) is 40.1 Å². The number of ether oxygens (including phenoxy) is 2. The monoisotopic (exact) mass is 342 g/mol. The highest BCUT2D eigenvalue weighted by Gasteiger charge is 2.19. The van der Waals surface area contributed by atoms with Gasteiger partial charge in [0.15, 0.2) is 0 Å². The molecule has 0 aliphatic rings. The van der Waals surface area contributed by atoms with E-state index in [-0.39, 0.29) is 25.2 Å². The number of sulfonamides is 1. The summed E-state index contributed by atoms with van der Waals surface area (Å²) in [6, 6.07) is 5.01. The largest absolute Gasteiger partial charge is 0.496 e. The summed E-state index contributed by atoms with van der Waals surface area (Å²) < 4.78 is 34.7. The Morgan fingerprint density at radius 3 is 2.30 bits per heavy atom. The first kappa shape index (κ1) is 19.0. The molecule has 0 radical (unpaired) electrons. The molecule has 1 N–H and O–H groups in total. The number of carbonyl (C=O) groups excluding carboxylic acids is 1. The van der Waals surface area contributed by atoms with Crippen molar-refractivity contribution in [1.82, 2.24) is 9.62 Å². The average Bonchev–Trinajstić information content (AvgIpc) is 2.51. The molecule has 1 rings (SSSR count). The lowest BCUT2D eigenvalue weighted by atomic mass is 10.1. The third kappa shape index (κ3) is 5.26. The van der Waals surface area contributed by atoms with Crippen LogP contribution in [0.4, 0.5) is 0 Å². The number of nitrogens with zero attached hydrogens (tertiary/aromatic N) is 1. The predicted octanol–water partition coefficient (Wildman–Crippen LogP) is 0.881. The minimum absolute atomic E-state index is 0.147. The fourth-order valence-electron chi connectivity index (χ4n) is 1.99. The zero-order chi connectivity index (χ0) is 17.5. The van der Waals surface area contributed by atoms with Gasteiger partial charge in [-0.15, -0.1) is 6.58 Å². The summed E-state index contributed by atoms with van der Waals surface area (Å²) in [6.07, 6.45) is 2.60. The van der Waals surface area contributed by atoms with Crippen molar-refractivity contribution in [2.24, 2.45) is 0 Å². The predicted molar refractivity (Wildman–Crippen MR) is 88.5 cm³/mol. The zero-order valence-electron chi connectivity index (χ0n) is 13.5. The molecular weight excluding hydrogens is 320 g/mol. The van der Waals surface area contributed by atoms with Gasteiger partial charge in [0, 0.05) is 19.6 Å². The van der Waals surface area contributed by atoms with Crippen LogP contribution in [0.2, 0.25) is 0 Å². The summed E-state index contributed by atoms with van der Waals surface area (Å²) in [5.41, 5.74) is 0.270. The summed E-state index contributed by atoms with van der Waals surface area (Å²) >= 11 is 0. The molecule has 0 saturated carbocycles. The van der Waals surface area contributed by atoms with Crippen LogP contribution in [-0.2, 0) is 10.0 Å². The van der Waals surface area contributed by atoms with Gasteiger partial charge in [0.2, 0.25) is 10.0 Å². The van der Waals surface area contributed by atoms with Gasteiger partial charge in [-0.2, -0.15) is 4.31 Å². The van der Waals surface area contributed by atoms with Crippen molar-refractivity contribution in [3.8, 4) is 11.5 Å². The van der Waals surface area contributed by atoms with Crippen LogP contribution in [0.3, 0.4) is 0 Å². The Balaban J connectivity index is 2.80.